The first kappa shape index (κ1) is 19.8. The number of benzene rings is 2. The summed E-state index contributed by atoms with van der Waals surface area (Å²) in [6.07, 6.45) is 0.789. The lowest BCUT2D eigenvalue weighted by Gasteiger charge is -2.32. The summed E-state index contributed by atoms with van der Waals surface area (Å²) in [5.74, 6) is 0.847. The molecule has 7 heteroatoms. The van der Waals surface area contributed by atoms with Crippen LogP contribution in [0.25, 0.3) is 10.9 Å². The lowest BCUT2D eigenvalue weighted by atomic mass is 9.95. The fraction of sp³-hybridized carbons (Fsp3) is 0.375. The third kappa shape index (κ3) is 3.59. The number of carbonyl (C=O) groups excluding carboxylic acids is 1. The van der Waals surface area contributed by atoms with Gasteiger partial charge in [0.15, 0.2) is 5.69 Å². The molecule has 0 radical (unpaired) electrons. The third-order valence-corrected chi connectivity index (χ3v) is 6.02. The average Bonchev–Trinajstić information content (AvgIpc) is 3.33. The monoisotopic (exact) mass is 416 g/mol. The molecular weight excluding hydrogens is 388 g/mol. The van der Waals surface area contributed by atoms with Gasteiger partial charge in [0.05, 0.1) is 16.6 Å². The molecule has 1 amide bonds. The number of amidine groups is 1. The molecule has 0 saturated carbocycles. The number of amides is 1. The first-order chi connectivity index (χ1) is 14.8. The summed E-state index contributed by atoms with van der Waals surface area (Å²) in [5, 5.41) is 15.5. The van der Waals surface area contributed by atoms with Crippen LogP contribution in [0.3, 0.4) is 0 Å². The summed E-state index contributed by atoms with van der Waals surface area (Å²) < 4.78 is 0. The highest BCUT2D eigenvalue weighted by molar-refractivity contribution is 6.07. The molecule has 1 spiro atoms. The van der Waals surface area contributed by atoms with Crippen molar-refractivity contribution in [3.8, 4) is 0 Å². The highest BCUT2D eigenvalue weighted by Gasteiger charge is 2.46. The molecule has 7 nitrogen and oxygen atoms in total. The molecule has 3 N–H and O–H groups in total. The molecule has 1 aromatic heterocycles. The zero-order valence-electron chi connectivity index (χ0n) is 18.2. The average molecular weight is 417 g/mol. The Labute approximate surface area is 181 Å². The van der Waals surface area contributed by atoms with Gasteiger partial charge in [-0.2, -0.15) is 5.10 Å². The molecular formula is C24H28N6O. The van der Waals surface area contributed by atoms with Crippen LogP contribution in [0.15, 0.2) is 53.5 Å². The second kappa shape index (κ2) is 7.20. The van der Waals surface area contributed by atoms with Gasteiger partial charge in [-0.05, 0) is 44.9 Å². The molecule has 5 rings (SSSR count). The van der Waals surface area contributed by atoms with Gasteiger partial charge in [0.25, 0.3) is 5.91 Å². The summed E-state index contributed by atoms with van der Waals surface area (Å²) in [6, 6.07) is 16.0. The number of nitrogens with one attached hydrogen (secondary N) is 3. The van der Waals surface area contributed by atoms with Crippen LogP contribution in [-0.4, -0.2) is 51.0 Å². The summed E-state index contributed by atoms with van der Waals surface area (Å²) in [6.45, 7) is 8.20. The van der Waals surface area contributed by atoms with E-state index in [-0.39, 0.29) is 11.4 Å². The van der Waals surface area contributed by atoms with Crippen LogP contribution in [0.4, 0.5) is 5.69 Å². The fourth-order valence-electron chi connectivity index (χ4n) is 4.46. The molecule has 0 bridgehead atoms. The number of fused-ring (bicyclic) bond motifs is 2. The lowest BCUT2D eigenvalue weighted by Crippen LogP contribution is -2.56. The smallest absolute Gasteiger partial charge is 0.275 e. The largest absolute Gasteiger partial charge is 0.342 e. The Balaban J connectivity index is 1.48. The van der Waals surface area contributed by atoms with Gasteiger partial charge in [-0.3, -0.25) is 20.2 Å². The Morgan fingerprint density at radius 2 is 1.90 bits per heavy atom. The Kier molecular flexibility index (Phi) is 4.59. The first-order valence-corrected chi connectivity index (χ1v) is 10.8. The fourth-order valence-corrected chi connectivity index (χ4v) is 4.46. The maximum atomic E-state index is 13.4. The number of hydrogen-bond acceptors (Lipinski definition) is 4. The summed E-state index contributed by atoms with van der Waals surface area (Å²) >= 11 is 0. The van der Waals surface area contributed by atoms with Crippen molar-refractivity contribution in [2.75, 3.05) is 18.4 Å². The summed E-state index contributed by atoms with van der Waals surface area (Å²) in [5.41, 5.74) is 2.95. The van der Waals surface area contributed by atoms with E-state index in [1.165, 1.54) is 5.56 Å². The van der Waals surface area contributed by atoms with E-state index in [4.69, 9.17) is 4.99 Å². The van der Waals surface area contributed by atoms with Gasteiger partial charge in [0.2, 0.25) is 0 Å². The highest BCUT2D eigenvalue weighted by Crippen LogP contribution is 2.32. The number of hydrogen-bond donors (Lipinski definition) is 3. The van der Waals surface area contributed by atoms with Crippen molar-refractivity contribution in [1.82, 2.24) is 20.4 Å². The van der Waals surface area contributed by atoms with Crippen molar-refractivity contribution in [3.05, 3.63) is 59.8 Å². The number of rotatable bonds is 1. The number of aromatic amines is 1. The quantitative estimate of drug-likeness (QED) is 0.566. The summed E-state index contributed by atoms with van der Waals surface area (Å²) in [4.78, 5) is 20.3. The molecule has 3 aromatic rings. The van der Waals surface area contributed by atoms with E-state index in [1.54, 1.807) is 0 Å². The number of aromatic nitrogens is 2. The molecule has 2 aliphatic heterocycles. The number of H-pyrrole nitrogens is 1. The third-order valence-electron chi connectivity index (χ3n) is 6.02. The minimum Gasteiger partial charge on any atom is -0.342 e. The second-order valence-electron chi connectivity index (χ2n) is 9.44. The minimum absolute atomic E-state index is 0.0482. The van der Waals surface area contributed by atoms with Crippen LogP contribution in [0.2, 0.25) is 0 Å². The predicted molar refractivity (Wildman–Crippen MR) is 123 cm³/mol. The van der Waals surface area contributed by atoms with Crippen molar-refractivity contribution in [2.45, 2.75) is 44.8 Å². The Morgan fingerprint density at radius 3 is 2.74 bits per heavy atom. The zero-order valence-corrected chi connectivity index (χ0v) is 18.2. The SMILES string of the molecule is CC(C)(C)N=C1Nc2ccccc2CNC12CCN(C(=O)c1n[nH]c3ccccc13)C2. The van der Waals surface area contributed by atoms with Gasteiger partial charge in [-0.1, -0.05) is 36.4 Å². The van der Waals surface area contributed by atoms with E-state index in [2.05, 4.69) is 53.7 Å². The number of carbonyl (C=O) groups is 1. The van der Waals surface area contributed by atoms with Crippen molar-refractivity contribution in [1.29, 1.82) is 0 Å². The van der Waals surface area contributed by atoms with E-state index in [0.29, 0.717) is 18.8 Å². The minimum atomic E-state index is -0.423. The second-order valence-corrected chi connectivity index (χ2v) is 9.44. The Morgan fingerprint density at radius 1 is 1.13 bits per heavy atom. The van der Waals surface area contributed by atoms with E-state index >= 15 is 0 Å². The molecule has 160 valence electrons. The summed E-state index contributed by atoms with van der Waals surface area (Å²) in [7, 11) is 0. The van der Waals surface area contributed by atoms with Crippen LogP contribution in [0.1, 0.15) is 43.2 Å². The van der Waals surface area contributed by atoms with Gasteiger partial charge >= 0.3 is 0 Å². The normalized spacial score (nSPS) is 22.5. The van der Waals surface area contributed by atoms with Crippen LogP contribution in [-0.2, 0) is 6.54 Å². The Hall–Kier alpha value is -3.19. The molecule has 1 atom stereocenters. The molecule has 2 aliphatic rings. The highest BCUT2D eigenvalue weighted by atomic mass is 16.2. The molecule has 0 aliphatic carbocycles. The molecule has 2 aromatic carbocycles. The van der Waals surface area contributed by atoms with E-state index in [1.807, 2.05) is 41.3 Å². The lowest BCUT2D eigenvalue weighted by molar-refractivity contribution is 0.0782. The van der Waals surface area contributed by atoms with Crippen LogP contribution in [0.5, 0.6) is 0 Å². The molecule has 1 unspecified atom stereocenters. The van der Waals surface area contributed by atoms with Crippen molar-refractivity contribution >= 4 is 28.3 Å². The standard InChI is InChI=1S/C24H28N6O/c1-23(2,3)27-22-24(25-14-16-8-4-6-10-18(16)26-22)12-13-30(15-24)21(31)20-17-9-5-7-11-19(17)28-29-20/h4-11,25H,12-15H2,1-3H3,(H,26,27)(H,28,29). The van der Waals surface area contributed by atoms with Gasteiger partial charge in [0, 0.05) is 30.7 Å². The van der Waals surface area contributed by atoms with Crippen molar-refractivity contribution in [2.24, 2.45) is 4.99 Å². The van der Waals surface area contributed by atoms with E-state index in [0.717, 1.165) is 35.4 Å². The predicted octanol–water partition coefficient (Wildman–Crippen LogP) is 3.56. The first-order valence-electron chi connectivity index (χ1n) is 10.8. The van der Waals surface area contributed by atoms with E-state index in [9.17, 15) is 4.79 Å². The van der Waals surface area contributed by atoms with Crippen LogP contribution < -0.4 is 10.6 Å². The van der Waals surface area contributed by atoms with Crippen LogP contribution in [0, 0.1) is 0 Å². The number of anilines is 1. The topological polar surface area (TPSA) is 85.4 Å². The Bertz CT molecular complexity index is 1170. The number of nitrogens with zero attached hydrogens (tertiary/aromatic N) is 3. The van der Waals surface area contributed by atoms with Gasteiger partial charge in [-0.15, -0.1) is 0 Å². The number of likely N-dealkylation sites (tertiary alicyclic amines) is 1. The molecule has 3 heterocycles. The van der Waals surface area contributed by atoms with Gasteiger partial charge in [0.1, 0.15) is 5.84 Å². The van der Waals surface area contributed by atoms with Gasteiger partial charge in [-0.25, -0.2) is 0 Å². The maximum absolute atomic E-state index is 13.4. The van der Waals surface area contributed by atoms with Crippen molar-refractivity contribution < 1.29 is 4.79 Å². The number of aliphatic imine (C=N–C) groups is 1. The molecule has 1 saturated heterocycles. The van der Waals surface area contributed by atoms with Crippen LogP contribution >= 0.6 is 0 Å². The van der Waals surface area contributed by atoms with Crippen molar-refractivity contribution in [3.63, 3.8) is 0 Å². The van der Waals surface area contributed by atoms with E-state index < -0.39 is 5.54 Å². The number of para-hydroxylation sites is 2. The maximum Gasteiger partial charge on any atom is 0.275 e. The zero-order chi connectivity index (χ0) is 21.6. The molecule has 31 heavy (non-hydrogen) atoms. The van der Waals surface area contributed by atoms with Gasteiger partial charge < -0.3 is 10.2 Å². The molecule has 1 fully saturated rings.